The van der Waals surface area contributed by atoms with Crippen LogP contribution in [0, 0.1) is 5.41 Å². The predicted octanol–water partition coefficient (Wildman–Crippen LogP) is 4.31. The Morgan fingerprint density at radius 3 is 2.12 bits per heavy atom. The molecule has 1 saturated carbocycles. The van der Waals surface area contributed by atoms with Gasteiger partial charge in [0.25, 0.3) is 0 Å². The zero-order valence-corrected chi connectivity index (χ0v) is 9.93. The van der Waals surface area contributed by atoms with E-state index in [0.717, 1.165) is 17.8 Å². The van der Waals surface area contributed by atoms with Gasteiger partial charge in [0, 0.05) is 11.7 Å². The van der Waals surface area contributed by atoms with Gasteiger partial charge in [-0.3, -0.25) is 0 Å². The molecule has 1 aromatic carbocycles. The first-order valence-corrected chi connectivity index (χ1v) is 5.75. The number of rotatable bonds is 3. The van der Waals surface area contributed by atoms with Gasteiger partial charge in [0.2, 0.25) is 0 Å². The van der Waals surface area contributed by atoms with Crippen molar-refractivity contribution in [3.05, 3.63) is 29.8 Å². The van der Waals surface area contributed by atoms with Crippen molar-refractivity contribution >= 4 is 5.69 Å². The monoisotopic (exact) mass is 243 g/mol. The Bertz CT molecular complexity index is 390. The van der Waals surface area contributed by atoms with Gasteiger partial charge >= 0.3 is 6.18 Å². The van der Waals surface area contributed by atoms with Gasteiger partial charge in [-0.2, -0.15) is 13.2 Å². The summed E-state index contributed by atoms with van der Waals surface area (Å²) in [7, 11) is 0. The Balaban J connectivity index is 2.03. The summed E-state index contributed by atoms with van der Waals surface area (Å²) in [5, 5.41) is 3.26. The summed E-state index contributed by atoms with van der Waals surface area (Å²) >= 11 is 0. The third-order valence-corrected chi connectivity index (χ3v) is 3.68. The standard InChI is InChI=1S/C13H16F3N/c1-9(12(2)7-8-12)17-11-5-3-10(4-6-11)13(14,15)16/h3-6,9,17H,7-8H2,1-2H3. The Labute approximate surface area is 99.0 Å². The minimum atomic E-state index is -4.26. The lowest BCUT2D eigenvalue weighted by Crippen LogP contribution is -2.24. The van der Waals surface area contributed by atoms with E-state index in [0.29, 0.717) is 11.5 Å². The van der Waals surface area contributed by atoms with E-state index in [2.05, 4.69) is 19.2 Å². The van der Waals surface area contributed by atoms with Crippen molar-refractivity contribution in [3.8, 4) is 0 Å². The van der Waals surface area contributed by atoms with Crippen LogP contribution in [0.15, 0.2) is 24.3 Å². The molecular weight excluding hydrogens is 227 g/mol. The highest BCUT2D eigenvalue weighted by molar-refractivity contribution is 5.46. The predicted molar refractivity (Wildman–Crippen MR) is 61.9 cm³/mol. The Morgan fingerprint density at radius 1 is 1.18 bits per heavy atom. The van der Waals surface area contributed by atoms with Crippen molar-refractivity contribution in [3.63, 3.8) is 0 Å². The van der Waals surface area contributed by atoms with Crippen LogP contribution in [0.4, 0.5) is 18.9 Å². The van der Waals surface area contributed by atoms with Crippen LogP contribution in [0.5, 0.6) is 0 Å². The fourth-order valence-electron chi connectivity index (χ4n) is 1.81. The molecule has 1 unspecified atom stereocenters. The largest absolute Gasteiger partial charge is 0.416 e. The van der Waals surface area contributed by atoms with Crippen LogP contribution < -0.4 is 5.32 Å². The minimum absolute atomic E-state index is 0.291. The van der Waals surface area contributed by atoms with Crippen LogP contribution in [0.3, 0.4) is 0 Å². The molecule has 0 bridgehead atoms. The minimum Gasteiger partial charge on any atom is -0.382 e. The Hall–Kier alpha value is -1.19. The topological polar surface area (TPSA) is 12.0 Å². The molecule has 0 radical (unpaired) electrons. The average Bonchev–Trinajstić information content (AvgIpc) is 2.97. The smallest absolute Gasteiger partial charge is 0.382 e. The van der Waals surface area contributed by atoms with E-state index in [9.17, 15) is 13.2 Å². The van der Waals surface area contributed by atoms with Crippen molar-refractivity contribution in [1.82, 2.24) is 0 Å². The second-order valence-electron chi connectivity index (χ2n) is 5.10. The molecule has 0 spiro atoms. The van der Waals surface area contributed by atoms with Gasteiger partial charge in [0.1, 0.15) is 0 Å². The molecule has 1 aromatic rings. The highest BCUT2D eigenvalue weighted by Crippen LogP contribution is 2.48. The summed E-state index contributed by atoms with van der Waals surface area (Å²) in [5.74, 6) is 0. The zero-order chi connectivity index (χ0) is 12.7. The summed E-state index contributed by atoms with van der Waals surface area (Å²) in [6.07, 6.45) is -1.89. The fourth-order valence-corrected chi connectivity index (χ4v) is 1.81. The lowest BCUT2D eigenvalue weighted by molar-refractivity contribution is -0.137. The third-order valence-electron chi connectivity index (χ3n) is 3.68. The first-order chi connectivity index (χ1) is 7.81. The molecule has 1 aliphatic carbocycles. The van der Waals surface area contributed by atoms with Gasteiger partial charge in [-0.25, -0.2) is 0 Å². The number of anilines is 1. The normalized spacial score (nSPS) is 19.8. The van der Waals surface area contributed by atoms with Crippen molar-refractivity contribution in [2.45, 2.75) is 38.9 Å². The van der Waals surface area contributed by atoms with E-state index in [1.54, 1.807) is 0 Å². The molecule has 1 N–H and O–H groups in total. The van der Waals surface area contributed by atoms with Crippen LogP contribution in [-0.4, -0.2) is 6.04 Å². The van der Waals surface area contributed by atoms with Crippen LogP contribution in [-0.2, 0) is 6.18 Å². The van der Waals surface area contributed by atoms with E-state index in [1.807, 2.05) is 0 Å². The second-order valence-corrected chi connectivity index (χ2v) is 5.10. The highest BCUT2D eigenvalue weighted by atomic mass is 19.4. The highest BCUT2D eigenvalue weighted by Gasteiger charge is 2.42. The second kappa shape index (κ2) is 3.93. The summed E-state index contributed by atoms with van der Waals surface area (Å²) in [6.45, 7) is 4.26. The maximum atomic E-state index is 12.4. The fraction of sp³-hybridized carbons (Fsp3) is 0.538. The quantitative estimate of drug-likeness (QED) is 0.834. The number of hydrogen-bond donors (Lipinski definition) is 1. The molecule has 1 aliphatic rings. The van der Waals surface area contributed by atoms with Crippen molar-refractivity contribution in [1.29, 1.82) is 0 Å². The first-order valence-electron chi connectivity index (χ1n) is 5.75. The molecule has 1 fully saturated rings. The maximum Gasteiger partial charge on any atom is 0.416 e. The number of hydrogen-bond acceptors (Lipinski definition) is 1. The third kappa shape index (κ3) is 2.73. The Morgan fingerprint density at radius 2 is 1.71 bits per heavy atom. The van der Waals surface area contributed by atoms with Gasteiger partial charge < -0.3 is 5.32 Å². The molecule has 4 heteroatoms. The van der Waals surface area contributed by atoms with E-state index in [-0.39, 0.29) is 0 Å². The molecule has 2 rings (SSSR count). The van der Waals surface area contributed by atoms with Crippen LogP contribution in [0.1, 0.15) is 32.3 Å². The molecule has 0 amide bonds. The number of nitrogens with one attached hydrogen (secondary N) is 1. The number of halogens is 3. The van der Waals surface area contributed by atoms with Crippen LogP contribution in [0.25, 0.3) is 0 Å². The van der Waals surface area contributed by atoms with E-state index < -0.39 is 11.7 Å². The molecule has 1 nitrogen and oxygen atoms in total. The molecule has 0 saturated heterocycles. The van der Waals surface area contributed by atoms with Crippen LogP contribution in [0.2, 0.25) is 0 Å². The molecule has 0 heterocycles. The van der Waals surface area contributed by atoms with Crippen molar-refractivity contribution in [2.75, 3.05) is 5.32 Å². The number of alkyl halides is 3. The molecule has 1 atom stereocenters. The lowest BCUT2D eigenvalue weighted by Gasteiger charge is -2.21. The maximum absolute atomic E-state index is 12.4. The van der Waals surface area contributed by atoms with Gasteiger partial charge in [0.15, 0.2) is 0 Å². The lowest BCUT2D eigenvalue weighted by atomic mass is 10.0. The summed E-state index contributed by atoms with van der Waals surface area (Å²) < 4.78 is 37.1. The molecular formula is C13H16F3N. The van der Waals surface area contributed by atoms with E-state index in [4.69, 9.17) is 0 Å². The summed E-state index contributed by atoms with van der Waals surface area (Å²) in [6, 6.07) is 5.50. The van der Waals surface area contributed by atoms with E-state index >= 15 is 0 Å². The average molecular weight is 243 g/mol. The van der Waals surface area contributed by atoms with E-state index in [1.165, 1.54) is 25.0 Å². The van der Waals surface area contributed by atoms with Crippen molar-refractivity contribution in [2.24, 2.45) is 5.41 Å². The van der Waals surface area contributed by atoms with Crippen molar-refractivity contribution < 1.29 is 13.2 Å². The molecule has 94 valence electrons. The van der Waals surface area contributed by atoms with Crippen LogP contribution >= 0.6 is 0 Å². The first kappa shape index (κ1) is 12.3. The zero-order valence-electron chi connectivity index (χ0n) is 9.93. The molecule has 0 aromatic heterocycles. The SMILES string of the molecule is CC(Nc1ccc(C(F)(F)F)cc1)C1(C)CC1. The Kier molecular flexibility index (Phi) is 2.84. The van der Waals surface area contributed by atoms with Gasteiger partial charge in [-0.15, -0.1) is 0 Å². The van der Waals surface area contributed by atoms with Gasteiger partial charge in [-0.1, -0.05) is 6.92 Å². The van der Waals surface area contributed by atoms with Gasteiger partial charge in [0.05, 0.1) is 5.56 Å². The molecule has 0 aliphatic heterocycles. The summed E-state index contributed by atoms with van der Waals surface area (Å²) in [5.41, 5.74) is 0.454. The molecule has 17 heavy (non-hydrogen) atoms. The summed E-state index contributed by atoms with van der Waals surface area (Å²) in [4.78, 5) is 0. The van der Waals surface area contributed by atoms with Gasteiger partial charge in [-0.05, 0) is 49.4 Å². The number of benzene rings is 1.